The molecule has 0 spiro atoms. The Hall–Kier alpha value is -2.41. The molecule has 1 unspecified atom stereocenters. The zero-order chi connectivity index (χ0) is 20.3. The van der Waals surface area contributed by atoms with Crippen LogP contribution in [0.4, 0.5) is 4.79 Å². The topological polar surface area (TPSA) is 71.5 Å². The summed E-state index contributed by atoms with van der Waals surface area (Å²) >= 11 is 1.62. The van der Waals surface area contributed by atoms with Crippen molar-refractivity contribution in [3.63, 3.8) is 0 Å². The van der Waals surface area contributed by atoms with Crippen molar-refractivity contribution >= 4 is 23.3 Å². The van der Waals surface area contributed by atoms with E-state index < -0.39 is 17.7 Å². The molecule has 0 saturated carbocycles. The van der Waals surface area contributed by atoms with Gasteiger partial charge in [0.15, 0.2) is 0 Å². The fourth-order valence-corrected chi connectivity index (χ4v) is 4.05. The van der Waals surface area contributed by atoms with Gasteiger partial charge in [0.2, 0.25) is 5.91 Å². The summed E-state index contributed by atoms with van der Waals surface area (Å²) in [5.74, 6) is -0.134. The third kappa shape index (κ3) is 4.90. The Morgan fingerprint density at radius 1 is 1.29 bits per heavy atom. The molecule has 1 aromatic carbocycles. The number of thiazole rings is 1. The number of nitrogens with one attached hydrogen (secondary N) is 1. The normalized spacial score (nSPS) is 16.9. The number of nitrogens with zero attached hydrogens (tertiary/aromatic N) is 2. The van der Waals surface area contributed by atoms with Crippen LogP contribution in [-0.4, -0.2) is 40.1 Å². The number of amides is 2. The minimum Gasteiger partial charge on any atom is -0.444 e. The Bertz CT molecular complexity index is 839. The van der Waals surface area contributed by atoms with Crippen LogP contribution in [0.3, 0.4) is 0 Å². The van der Waals surface area contributed by atoms with E-state index in [0.29, 0.717) is 19.5 Å². The van der Waals surface area contributed by atoms with E-state index in [-0.39, 0.29) is 5.91 Å². The predicted molar refractivity (Wildman–Crippen MR) is 110 cm³/mol. The molecule has 2 amide bonds. The third-order valence-electron chi connectivity index (χ3n) is 4.61. The van der Waals surface area contributed by atoms with Crippen LogP contribution in [0.25, 0.3) is 10.4 Å². The van der Waals surface area contributed by atoms with E-state index in [4.69, 9.17) is 4.74 Å². The van der Waals surface area contributed by atoms with Gasteiger partial charge in [-0.2, -0.15) is 0 Å². The molecular weight excluding hydrogens is 374 g/mol. The fraction of sp³-hybridized carbons (Fsp3) is 0.476. The van der Waals surface area contributed by atoms with Crippen LogP contribution in [0.1, 0.15) is 44.9 Å². The number of aryl methyl sites for hydroxylation is 1. The minimum atomic E-state index is -0.571. The molecule has 0 radical (unpaired) electrons. The second kappa shape index (κ2) is 8.31. The van der Waals surface area contributed by atoms with Gasteiger partial charge in [0.25, 0.3) is 0 Å². The van der Waals surface area contributed by atoms with Gasteiger partial charge in [0.1, 0.15) is 11.6 Å². The van der Waals surface area contributed by atoms with E-state index in [1.165, 1.54) is 4.90 Å². The van der Waals surface area contributed by atoms with Crippen molar-refractivity contribution in [2.75, 3.05) is 6.54 Å². The van der Waals surface area contributed by atoms with Crippen LogP contribution >= 0.6 is 11.3 Å². The first-order valence-electron chi connectivity index (χ1n) is 9.51. The highest BCUT2D eigenvalue weighted by atomic mass is 32.1. The number of rotatable bonds is 4. The second-order valence-corrected chi connectivity index (χ2v) is 8.87. The third-order valence-corrected chi connectivity index (χ3v) is 5.59. The molecule has 0 bridgehead atoms. The van der Waals surface area contributed by atoms with E-state index in [1.807, 2.05) is 57.5 Å². The second-order valence-electron chi connectivity index (χ2n) is 8.01. The maximum Gasteiger partial charge on any atom is 0.410 e. The number of carbonyl (C=O) groups excluding carboxylic acids is 2. The van der Waals surface area contributed by atoms with Crippen LogP contribution in [0.15, 0.2) is 29.8 Å². The highest BCUT2D eigenvalue weighted by molar-refractivity contribution is 7.13. The largest absolute Gasteiger partial charge is 0.444 e. The van der Waals surface area contributed by atoms with Crippen LogP contribution in [-0.2, 0) is 16.1 Å². The van der Waals surface area contributed by atoms with Crippen molar-refractivity contribution in [2.45, 2.75) is 58.7 Å². The molecule has 2 aromatic rings. The lowest BCUT2D eigenvalue weighted by Gasteiger charge is -2.28. The molecule has 1 aliphatic rings. The van der Waals surface area contributed by atoms with Gasteiger partial charge in [0.05, 0.1) is 16.1 Å². The molecular formula is C21H27N3O3S. The van der Waals surface area contributed by atoms with Crippen LogP contribution in [0.5, 0.6) is 0 Å². The van der Waals surface area contributed by atoms with Crippen molar-refractivity contribution in [3.05, 3.63) is 41.0 Å². The van der Waals surface area contributed by atoms with Crippen molar-refractivity contribution < 1.29 is 14.3 Å². The van der Waals surface area contributed by atoms with E-state index in [2.05, 4.69) is 10.3 Å². The Morgan fingerprint density at radius 2 is 2.00 bits per heavy atom. The van der Waals surface area contributed by atoms with Crippen LogP contribution < -0.4 is 5.32 Å². The van der Waals surface area contributed by atoms with E-state index >= 15 is 0 Å². The summed E-state index contributed by atoms with van der Waals surface area (Å²) in [7, 11) is 0. The van der Waals surface area contributed by atoms with Crippen molar-refractivity contribution in [1.29, 1.82) is 0 Å². The SMILES string of the molecule is Cc1ncsc1-c1ccc(CNC(=O)C2CCCN2C(=O)OC(C)(C)C)cc1. The lowest BCUT2D eigenvalue weighted by molar-refractivity contribution is -0.125. The highest BCUT2D eigenvalue weighted by Crippen LogP contribution is 2.27. The van der Waals surface area contributed by atoms with Gasteiger partial charge >= 0.3 is 6.09 Å². The molecule has 28 heavy (non-hydrogen) atoms. The Balaban J connectivity index is 1.57. The van der Waals surface area contributed by atoms with E-state index in [1.54, 1.807) is 11.3 Å². The molecule has 2 heterocycles. The average Bonchev–Trinajstić information content (AvgIpc) is 3.28. The van der Waals surface area contributed by atoms with Crippen molar-refractivity contribution in [3.8, 4) is 10.4 Å². The summed E-state index contributed by atoms with van der Waals surface area (Å²) in [5, 5.41) is 2.96. The molecule has 1 saturated heterocycles. The zero-order valence-corrected chi connectivity index (χ0v) is 17.6. The van der Waals surface area contributed by atoms with Crippen molar-refractivity contribution in [2.24, 2.45) is 0 Å². The first-order chi connectivity index (χ1) is 13.2. The lowest BCUT2D eigenvalue weighted by Crippen LogP contribution is -2.47. The van der Waals surface area contributed by atoms with Crippen LogP contribution in [0, 0.1) is 6.92 Å². The van der Waals surface area contributed by atoms with Crippen molar-refractivity contribution in [1.82, 2.24) is 15.2 Å². The molecule has 1 aliphatic heterocycles. The van der Waals surface area contributed by atoms with E-state index in [0.717, 1.165) is 28.1 Å². The van der Waals surface area contributed by atoms with Gasteiger partial charge in [-0.05, 0) is 51.7 Å². The first kappa shape index (κ1) is 20.3. The summed E-state index contributed by atoms with van der Waals surface area (Å²) in [5.41, 5.74) is 4.44. The number of carbonyl (C=O) groups is 2. The molecule has 1 atom stereocenters. The molecule has 7 heteroatoms. The number of benzene rings is 1. The van der Waals surface area contributed by atoms with E-state index in [9.17, 15) is 9.59 Å². The van der Waals surface area contributed by atoms with Gasteiger partial charge in [0, 0.05) is 13.1 Å². The highest BCUT2D eigenvalue weighted by Gasteiger charge is 2.36. The van der Waals surface area contributed by atoms with Gasteiger partial charge in [-0.3, -0.25) is 9.69 Å². The summed E-state index contributed by atoms with van der Waals surface area (Å²) < 4.78 is 5.43. The van der Waals surface area contributed by atoms with Crippen LogP contribution in [0.2, 0.25) is 0 Å². The molecule has 150 valence electrons. The number of aromatic nitrogens is 1. The minimum absolute atomic E-state index is 0.134. The monoisotopic (exact) mass is 401 g/mol. The summed E-state index contributed by atoms with van der Waals surface area (Å²) in [4.78, 5) is 32.0. The molecule has 6 nitrogen and oxygen atoms in total. The average molecular weight is 402 g/mol. The lowest BCUT2D eigenvalue weighted by atomic mass is 10.1. The maximum absolute atomic E-state index is 12.6. The quantitative estimate of drug-likeness (QED) is 0.836. The Labute approximate surface area is 169 Å². The summed E-state index contributed by atoms with van der Waals surface area (Å²) in [6.07, 6.45) is 1.05. The number of likely N-dealkylation sites (tertiary alicyclic amines) is 1. The number of ether oxygens (including phenoxy) is 1. The Kier molecular flexibility index (Phi) is 6.03. The molecule has 0 aliphatic carbocycles. The fourth-order valence-electron chi connectivity index (χ4n) is 3.24. The smallest absolute Gasteiger partial charge is 0.410 e. The van der Waals surface area contributed by atoms with Gasteiger partial charge in [-0.25, -0.2) is 9.78 Å². The Morgan fingerprint density at radius 3 is 2.61 bits per heavy atom. The summed E-state index contributed by atoms with van der Waals surface area (Å²) in [6, 6.07) is 7.65. The number of hydrogen-bond acceptors (Lipinski definition) is 5. The maximum atomic E-state index is 12.6. The van der Waals surface area contributed by atoms with Gasteiger partial charge < -0.3 is 10.1 Å². The van der Waals surface area contributed by atoms with Gasteiger partial charge in [-0.1, -0.05) is 24.3 Å². The standard InChI is InChI=1S/C21H27N3O3S/c1-14-18(28-13-23-14)16-9-7-15(8-10-16)12-22-19(25)17-6-5-11-24(17)20(26)27-21(2,3)4/h7-10,13,17H,5-6,11-12H2,1-4H3,(H,22,25). The summed E-state index contributed by atoms with van der Waals surface area (Å²) in [6.45, 7) is 8.46. The van der Waals surface area contributed by atoms with Gasteiger partial charge in [-0.15, -0.1) is 11.3 Å². The number of hydrogen-bond donors (Lipinski definition) is 1. The first-order valence-corrected chi connectivity index (χ1v) is 10.4. The molecule has 1 aromatic heterocycles. The predicted octanol–water partition coefficient (Wildman–Crippen LogP) is 4.13. The molecule has 3 rings (SSSR count). The molecule has 1 fully saturated rings. The molecule has 1 N–H and O–H groups in total. The zero-order valence-electron chi connectivity index (χ0n) is 16.8.